The summed E-state index contributed by atoms with van der Waals surface area (Å²) in [6.45, 7) is 7.12. The van der Waals surface area contributed by atoms with Crippen LogP contribution in [0.2, 0.25) is 5.02 Å². The number of amides is 1. The Morgan fingerprint density at radius 3 is 2.82 bits per heavy atom. The van der Waals surface area contributed by atoms with Crippen LogP contribution in [-0.2, 0) is 0 Å². The smallest absolute Gasteiger partial charge is 0.257 e. The number of rotatable bonds is 10. The van der Waals surface area contributed by atoms with Crippen LogP contribution < -0.4 is 14.8 Å². The zero-order chi connectivity index (χ0) is 20.1. The summed E-state index contributed by atoms with van der Waals surface area (Å²) >= 11 is 6.40. The molecule has 0 spiro atoms. The highest BCUT2D eigenvalue weighted by atomic mass is 35.5. The van der Waals surface area contributed by atoms with E-state index in [2.05, 4.69) is 24.3 Å². The van der Waals surface area contributed by atoms with E-state index in [0.717, 1.165) is 12.8 Å². The van der Waals surface area contributed by atoms with Crippen molar-refractivity contribution >= 4 is 23.3 Å². The second-order valence-corrected chi connectivity index (χ2v) is 7.52. The molecule has 152 valence electrons. The molecular weight excluding hydrogens is 378 g/mol. The largest absolute Gasteiger partial charge is 0.490 e. The number of carbonyl (C=O) groups is 1. The van der Waals surface area contributed by atoms with Gasteiger partial charge in [0, 0.05) is 11.6 Å². The molecule has 0 saturated heterocycles. The number of nitrogens with one attached hydrogen (secondary N) is 1. The van der Waals surface area contributed by atoms with Crippen molar-refractivity contribution in [2.75, 3.05) is 18.5 Å². The van der Waals surface area contributed by atoms with E-state index in [1.165, 1.54) is 12.8 Å². The fourth-order valence-electron chi connectivity index (χ4n) is 3.13. The highest BCUT2D eigenvalue weighted by Gasteiger charge is 2.31. The van der Waals surface area contributed by atoms with Gasteiger partial charge in [-0.05, 0) is 51.2 Å². The Kier molecular flexibility index (Phi) is 6.83. The van der Waals surface area contributed by atoms with Crippen LogP contribution in [0.5, 0.6) is 11.5 Å². The Labute approximate surface area is 171 Å². The Balaban J connectivity index is 1.79. The summed E-state index contributed by atoms with van der Waals surface area (Å²) in [5, 5.41) is 7.69. The minimum Gasteiger partial charge on any atom is -0.490 e. The van der Waals surface area contributed by atoms with Gasteiger partial charge in [0.05, 0.1) is 30.5 Å². The van der Waals surface area contributed by atoms with Crippen molar-refractivity contribution in [2.45, 2.75) is 52.5 Å². The maximum atomic E-state index is 12.8. The van der Waals surface area contributed by atoms with Gasteiger partial charge in [-0.1, -0.05) is 24.9 Å². The minimum atomic E-state index is -0.257. The third-order valence-corrected chi connectivity index (χ3v) is 5.20. The zero-order valence-electron chi connectivity index (χ0n) is 16.7. The topological polar surface area (TPSA) is 65.4 Å². The Morgan fingerprint density at radius 1 is 1.36 bits per heavy atom. The van der Waals surface area contributed by atoms with E-state index in [1.807, 2.05) is 17.7 Å². The van der Waals surface area contributed by atoms with Gasteiger partial charge < -0.3 is 14.8 Å². The molecule has 2 aromatic rings. The first-order chi connectivity index (χ1) is 13.5. The standard InChI is InChI=1S/C21H28ClN3O3/c1-4-6-11-28-20-17(22)12-16(13-18(20)27-5-2)21(26)24-19-9-10-23-25(19)14(3)15-7-8-15/h9-10,12-15H,4-8,11H2,1-3H3,(H,24,26). The zero-order valence-corrected chi connectivity index (χ0v) is 17.5. The fraction of sp³-hybridized carbons (Fsp3) is 0.524. The Bertz CT molecular complexity index is 817. The summed E-state index contributed by atoms with van der Waals surface area (Å²) in [4.78, 5) is 12.8. The van der Waals surface area contributed by atoms with Crippen molar-refractivity contribution in [3.63, 3.8) is 0 Å². The average Bonchev–Trinajstić information content (AvgIpc) is 3.42. The molecule has 1 saturated carbocycles. The van der Waals surface area contributed by atoms with Crippen LogP contribution >= 0.6 is 11.6 Å². The monoisotopic (exact) mass is 405 g/mol. The molecule has 1 aromatic carbocycles. The predicted molar refractivity (Wildman–Crippen MR) is 111 cm³/mol. The van der Waals surface area contributed by atoms with Gasteiger partial charge in [-0.15, -0.1) is 0 Å². The first-order valence-corrected chi connectivity index (χ1v) is 10.4. The number of benzene rings is 1. The van der Waals surface area contributed by atoms with E-state index < -0.39 is 0 Å². The maximum absolute atomic E-state index is 12.8. The number of anilines is 1. The van der Waals surface area contributed by atoms with Crippen molar-refractivity contribution < 1.29 is 14.3 Å². The van der Waals surface area contributed by atoms with Gasteiger partial charge >= 0.3 is 0 Å². The number of nitrogens with zero attached hydrogens (tertiary/aromatic N) is 2. The first kappa shape index (κ1) is 20.5. The molecule has 1 aliphatic rings. The third-order valence-electron chi connectivity index (χ3n) is 4.92. The van der Waals surface area contributed by atoms with E-state index in [9.17, 15) is 4.79 Å². The number of ether oxygens (including phenoxy) is 2. The van der Waals surface area contributed by atoms with Gasteiger partial charge in [0.25, 0.3) is 5.91 Å². The normalized spacial score (nSPS) is 14.6. The Morgan fingerprint density at radius 2 is 2.14 bits per heavy atom. The molecule has 6 nitrogen and oxygen atoms in total. The van der Waals surface area contributed by atoms with Gasteiger partial charge in [0.2, 0.25) is 0 Å². The van der Waals surface area contributed by atoms with Gasteiger partial charge in [0.1, 0.15) is 5.82 Å². The summed E-state index contributed by atoms with van der Waals surface area (Å²) in [7, 11) is 0. The van der Waals surface area contributed by atoms with E-state index in [0.29, 0.717) is 47.0 Å². The number of hydrogen-bond acceptors (Lipinski definition) is 4. The molecule has 1 aromatic heterocycles. The SMILES string of the molecule is CCCCOc1c(Cl)cc(C(=O)Nc2ccnn2C(C)C2CC2)cc1OCC. The lowest BCUT2D eigenvalue weighted by Gasteiger charge is -2.17. The molecule has 1 atom stereocenters. The quantitative estimate of drug-likeness (QED) is 0.542. The van der Waals surface area contributed by atoms with E-state index in [1.54, 1.807) is 18.3 Å². The number of carbonyl (C=O) groups excluding carboxylic acids is 1. The molecule has 3 rings (SSSR count). The molecule has 1 amide bonds. The summed E-state index contributed by atoms with van der Waals surface area (Å²) in [5.74, 6) is 2.03. The fourth-order valence-corrected chi connectivity index (χ4v) is 3.39. The molecule has 1 unspecified atom stereocenters. The molecular formula is C21H28ClN3O3. The van der Waals surface area contributed by atoms with Crippen LogP contribution in [0.4, 0.5) is 5.82 Å². The summed E-state index contributed by atoms with van der Waals surface area (Å²) in [6, 6.07) is 5.37. The van der Waals surface area contributed by atoms with Crippen LogP contribution in [-0.4, -0.2) is 28.9 Å². The average molecular weight is 406 g/mol. The second kappa shape index (κ2) is 9.32. The van der Waals surface area contributed by atoms with Crippen LogP contribution in [0, 0.1) is 5.92 Å². The van der Waals surface area contributed by atoms with E-state index >= 15 is 0 Å². The van der Waals surface area contributed by atoms with E-state index in [-0.39, 0.29) is 11.9 Å². The van der Waals surface area contributed by atoms with Gasteiger partial charge in [-0.25, -0.2) is 4.68 Å². The highest BCUT2D eigenvalue weighted by molar-refractivity contribution is 6.32. The van der Waals surface area contributed by atoms with Crippen molar-refractivity contribution in [3.05, 3.63) is 35.0 Å². The lowest BCUT2D eigenvalue weighted by Crippen LogP contribution is -2.18. The van der Waals surface area contributed by atoms with Gasteiger partial charge in [-0.2, -0.15) is 5.10 Å². The molecule has 1 fully saturated rings. The molecule has 7 heteroatoms. The number of unbranched alkanes of at least 4 members (excludes halogenated alkanes) is 1. The Hall–Kier alpha value is -2.21. The summed E-state index contributed by atoms with van der Waals surface area (Å²) in [6.07, 6.45) is 6.07. The van der Waals surface area contributed by atoms with Crippen molar-refractivity contribution in [1.29, 1.82) is 0 Å². The lowest BCUT2D eigenvalue weighted by molar-refractivity contribution is 0.102. The number of aromatic nitrogens is 2. The van der Waals surface area contributed by atoms with Gasteiger partial charge in [-0.3, -0.25) is 4.79 Å². The van der Waals surface area contributed by atoms with E-state index in [4.69, 9.17) is 21.1 Å². The second-order valence-electron chi connectivity index (χ2n) is 7.11. The maximum Gasteiger partial charge on any atom is 0.257 e. The highest BCUT2D eigenvalue weighted by Crippen LogP contribution is 2.40. The van der Waals surface area contributed by atoms with Crippen LogP contribution in [0.15, 0.2) is 24.4 Å². The predicted octanol–water partition coefficient (Wildman–Crippen LogP) is 5.34. The van der Waals surface area contributed by atoms with Crippen molar-refractivity contribution in [2.24, 2.45) is 5.92 Å². The number of hydrogen-bond donors (Lipinski definition) is 1. The lowest BCUT2D eigenvalue weighted by atomic mass is 10.2. The van der Waals surface area contributed by atoms with Crippen LogP contribution in [0.1, 0.15) is 62.9 Å². The first-order valence-electron chi connectivity index (χ1n) is 9.99. The molecule has 0 bridgehead atoms. The molecule has 1 heterocycles. The molecule has 1 N–H and O–H groups in total. The molecule has 0 radical (unpaired) electrons. The van der Waals surface area contributed by atoms with Gasteiger partial charge in [0.15, 0.2) is 11.5 Å². The van der Waals surface area contributed by atoms with Crippen molar-refractivity contribution in [3.8, 4) is 11.5 Å². The number of halogens is 1. The molecule has 1 aliphatic carbocycles. The van der Waals surface area contributed by atoms with Crippen molar-refractivity contribution in [1.82, 2.24) is 9.78 Å². The minimum absolute atomic E-state index is 0.257. The molecule has 28 heavy (non-hydrogen) atoms. The van der Waals surface area contributed by atoms with Crippen LogP contribution in [0.3, 0.4) is 0 Å². The van der Waals surface area contributed by atoms with Crippen LogP contribution in [0.25, 0.3) is 0 Å². The third kappa shape index (κ3) is 4.79. The molecule has 0 aliphatic heterocycles. The summed E-state index contributed by atoms with van der Waals surface area (Å²) < 4.78 is 13.3. The summed E-state index contributed by atoms with van der Waals surface area (Å²) in [5.41, 5.74) is 0.420.